The van der Waals surface area contributed by atoms with Gasteiger partial charge >= 0.3 is 5.97 Å². The van der Waals surface area contributed by atoms with Crippen LogP contribution in [0.2, 0.25) is 0 Å². The number of ether oxygens (including phenoxy) is 4. The fraction of sp³-hybridized carbons (Fsp3) is 0.458. The first-order valence-corrected chi connectivity index (χ1v) is 10.7. The first-order valence-electron chi connectivity index (χ1n) is 10.7. The lowest BCUT2D eigenvalue weighted by atomic mass is 9.98. The molecule has 2 heterocycles. The number of carbonyl (C=O) groups excluding carboxylic acids is 1. The normalized spacial score (nSPS) is 19.4. The average Bonchev–Trinajstić information content (AvgIpc) is 2.77. The van der Waals surface area contributed by atoms with E-state index in [-0.39, 0.29) is 24.8 Å². The number of rotatable bonds is 6. The third-order valence-electron chi connectivity index (χ3n) is 5.65. The average molecular weight is 411 g/mol. The Labute approximate surface area is 177 Å². The molecule has 2 aliphatic rings. The minimum Gasteiger partial charge on any atom is -0.466 e. The van der Waals surface area contributed by atoms with Crippen LogP contribution in [0, 0.1) is 5.92 Å². The van der Waals surface area contributed by atoms with E-state index in [0.29, 0.717) is 13.2 Å². The second kappa shape index (κ2) is 9.96. The molecular weight excluding hydrogens is 382 g/mol. The number of piperidine rings is 1. The number of carbonyl (C=O) groups is 1. The van der Waals surface area contributed by atoms with Crippen molar-refractivity contribution in [3.63, 3.8) is 0 Å². The van der Waals surface area contributed by atoms with Gasteiger partial charge in [0.25, 0.3) is 0 Å². The van der Waals surface area contributed by atoms with Crippen molar-refractivity contribution in [1.82, 2.24) is 4.90 Å². The minimum atomic E-state index is -0.275. The molecule has 0 radical (unpaired) electrons. The lowest BCUT2D eigenvalue weighted by Gasteiger charge is -2.32. The van der Waals surface area contributed by atoms with Crippen molar-refractivity contribution in [2.24, 2.45) is 5.92 Å². The van der Waals surface area contributed by atoms with Crippen LogP contribution in [-0.4, -0.2) is 50.5 Å². The van der Waals surface area contributed by atoms with E-state index < -0.39 is 0 Å². The first kappa shape index (κ1) is 20.7. The second-order valence-corrected chi connectivity index (χ2v) is 7.62. The van der Waals surface area contributed by atoms with Crippen molar-refractivity contribution in [1.29, 1.82) is 0 Å². The zero-order chi connectivity index (χ0) is 20.8. The van der Waals surface area contributed by atoms with Gasteiger partial charge in [-0.1, -0.05) is 36.4 Å². The summed E-state index contributed by atoms with van der Waals surface area (Å²) < 4.78 is 23.2. The van der Waals surface area contributed by atoms with Crippen LogP contribution in [0.1, 0.15) is 37.0 Å². The number of para-hydroxylation sites is 2. The van der Waals surface area contributed by atoms with Crippen LogP contribution in [0.4, 0.5) is 0 Å². The van der Waals surface area contributed by atoms with Crippen molar-refractivity contribution < 1.29 is 23.7 Å². The Kier molecular flexibility index (Phi) is 6.87. The van der Waals surface area contributed by atoms with E-state index in [1.54, 1.807) is 0 Å². The van der Waals surface area contributed by atoms with E-state index in [0.717, 1.165) is 55.1 Å². The molecule has 0 aromatic heterocycles. The summed E-state index contributed by atoms with van der Waals surface area (Å²) in [5.41, 5.74) is 1.99. The van der Waals surface area contributed by atoms with E-state index >= 15 is 0 Å². The van der Waals surface area contributed by atoms with Gasteiger partial charge in [0.2, 0.25) is 6.79 Å². The highest BCUT2D eigenvalue weighted by Gasteiger charge is 2.28. The van der Waals surface area contributed by atoms with Gasteiger partial charge in [-0.15, -0.1) is 0 Å². The summed E-state index contributed by atoms with van der Waals surface area (Å²) >= 11 is 0. The lowest BCUT2D eigenvalue weighted by molar-refractivity contribution is -0.150. The van der Waals surface area contributed by atoms with Gasteiger partial charge in [-0.3, -0.25) is 4.79 Å². The second-order valence-electron chi connectivity index (χ2n) is 7.62. The minimum absolute atomic E-state index is 0.0386. The van der Waals surface area contributed by atoms with Crippen LogP contribution in [0.15, 0.2) is 48.5 Å². The van der Waals surface area contributed by atoms with E-state index in [9.17, 15) is 4.79 Å². The summed E-state index contributed by atoms with van der Waals surface area (Å²) in [6.45, 7) is 5.47. The van der Waals surface area contributed by atoms with E-state index in [1.165, 1.54) is 0 Å². The van der Waals surface area contributed by atoms with Gasteiger partial charge < -0.3 is 23.8 Å². The molecule has 2 aliphatic heterocycles. The molecule has 1 fully saturated rings. The SMILES string of the molecule is CCOC(=O)[C@@H]1CCCN(CCOC2c3ccccc3OCOc3ccccc32)C1. The number of esters is 1. The third kappa shape index (κ3) is 4.77. The molecule has 0 unspecified atom stereocenters. The van der Waals surface area contributed by atoms with Crippen LogP contribution in [0.5, 0.6) is 11.5 Å². The van der Waals surface area contributed by atoms with Crippen LogP contribution in [0.3, 0.4) is 0 Å². The van der Waals surface area contributed by atoms with E-state index in [2.05, 4.69) is 4.90 Å². The quantitative estimate of drug-likeness (QED) is 0.674. The molecule has 4 rings (SSSR count). The molecule has 0 bridgehead atoms. The van der Waals surface area contributed by atoms with Gasteiger partial charge in [-0.25, -0.2) is 0 Å². The summed E-state index contributed by atoms with van der Waals surface area (Å²) in [5.74, 6) is 1.43. The number of hydrogen-bond donors (Lipinski definition) is 0. The zero-order valence-corrected chi connectivity index (χ0v) is 17.4. The summed E-state index contributed by atoms with van der Waals surface area (Å²) in [6, 6.07) is 15.9. The molecule has 1 saturated heterocycles. The summed E-state index contributed by atoms with van der Waals surface area (Å²) in [7, 11) is 0. The zero-order valence-electron chi connectivity index (χ0n) is 17.4. The molecule has 0 spiro atoms. The molecular formula is C24H29NO5. The fourth-order valence-corrected chi connectivity index (χ4v) is 4.17. The molecule has 30 heavy (non-hydrogen) atoms. The Morgan fingerprint density at radius 1 is 1.07 bits per heavy atom. The maximum Gasteiger partial charge on any atom is 0.310 e. The number of hydrogen-bond acceptors (Lipinski definition) is 6. The van der Waals surface area contributed by atoms with E-state index in [4.69, 9.17) is 18.9 Å². The van der Waals surface area contributed by atoms with Crippen molar-refractivity contribution >= 4 is 5.97 Å². The standard InChI is InChI=1S/C24H29NO5/c1-2-27-24(26)18-8-7-13-25(16-18)14-15-28-23-19-9-3-5-11-21(19)29-17-30-22-12-6-4-10-20(22)23/h3-6,9-12,18,23H,2,7-8,13-17H2,1H3/t18-/m1/s1. The van der Waals surface area contributed by atoms with Crippen molar-refractivity contribution in [3.8, 4) is 11.5 Å². The molecule has 6 nitrogen and oxygen atoms in total. The highest BCUT2D eigenvalue weighted by molar-refractivity contribution is 5.72. The predicted octanol–water partition coefficient (Wildman–Crippen LogP) is 3.80. The molecule has 2 aromatic rings. The molecule has 0 aliphatic carbocycles. The Morgan fingerprint density at radius 3 is 2.40 bits per heavy atom. The topological polar surface area (TPSA) is 57.2 Å². The maximum atomic E-state index is 12.1. The van der Waals surface area contributed by atoms with Gasteiger partial charge in [0.1, 0.15) is 17.6 Å². The van der Waals surface area contributed by atoms with Crippen molar-refractivity contribution in [3.05, 3.63) is 59.7 Å². The summed E-state index contributed by atoms with van der Waals surface area (Å²) in [5, 5.41) is 0. The highest BCUT2D eigenvalue weighted by Crippen LogP contribution is 2.38. The Morgan fingerprint density at radius 2 is 1.73 bits per heavy atom. The van der Waals surface area contributed by atoms with Crippen LogP contribution in [-0.2, 0) is 14.3 Å². The maximum absolute atomic E-state index is 12.1. The lowest BCUT2D eigenvalue weighted by Crippen LogP contribution is -2.41. The van der Waals surface area contributed by atoms with Crippen LogP contribution < -0.4 is 9.47 Å². The van der Waals surface area contributed by atoms with Crippen LogP contribution in [0.25, 0.3) is 0 Å². The fourth-order valence-electron chi connectivity index (χ4n) is 4.17. The highest BCUT2D eigenvalue weighted by atomic mass is 16.7. The van der Waals surface area contributed by atoms with Gasteiger partial charge in [0, 0.05) is 24.2 Å². The van der Waals surface area contributed by atoms with Crippen molar-refractivity contribution in [2.45, 2.75) is 25.9 Å². The van der Waals surface area contributed by atoms with Gasteiger partial charge in [0.15, 0.2) is 0 Å². The number of fused-ring (bicyclic) bond motifs is 2. The number of nitrogens with zero attached hydrogens (tertiary/aromatic N) is 1. The largest absolute Gasteiger partial charge is 0.466 e. The van der Waals surface area contributed by atoms with Crippen LogP contribution >= 0.6 is 0 Å². The Hall–Kier alpha value is -2.57. The van der Waals surface area contributed by atoms with E-state index in [1.807, 2.05) is 55.5 Å². The molecule has 160 valence electrons. The van der Waals surface area contributed by atoms with Gasteiger partial charge in [-0.05, 0) is 38.4 Å². The Bertz CT molecular complexity index is 807. The molecule has 6 heteroatoms. The van der Waals surface area contributed by atoms with Gasteiger partial charge in [0.05, 0.1) is 19.1 Å². The smallest absolute Gasteiger partial charge is 0.310 e. The molecule has 0 amide bonds. The molecule has 2 aromatic carbocycles. The predicted molar refractivity (Wildman–Crippen MR) is 113 cm³/mol. The third-order valence-corrected chi connectivity index (χ3v) is 5.65. The summed E-state index contributed by atoms with van der Waals surface area (Å²) in [4.78, 5) is 14.4. The number of benzene rings is 2. The molecule has 0 N–H and O–H groups in total. The first-order chi connectivity index (χ1) is 14.8. The number of likely N-dealkylation sites (tertiary alicyclic amines) is 1. The molecule has 0 saturated carbocycles. The molecule has 1 atom stereocenters. The Balaban J connectivity index is 1.45. The van der Waals surface area contributed by atoms with Gasteiger partial charge in [-0.2, -0.15) is 0 Å². The monoisotopic (exact) mass is 411 g/mol. The van der Waals surface area contributed by atoms with Crippen molar-refractivity contribution in [2.75, 3.05) is 39.6 Å². The summed E-state index contributed by atoms with van der Waals surface area (Å²) in [6.07, 6.45) is 1.62.